The lowest BCUT2D eigenvalue weighted by atomic mass is 10.1. The van der Waals surface area contributed by atoms with Gasteiger partial charge in [0.25, 0.3) is 5.91 Å². The van der Waals surface area contributed by atoms with Crippen LogP contribution in [0.3, 0.4) is 0 Å². The van der Waals surface area contributed by atoms with Crippen molar-refractivity contribution in [3.8, 4) is 0 Å². The van der Waals surface area contributed by atoms with Crippen LogP contribution < -0.4 is 5.32 Å². The van der Waals surface area contributed by atoms with Crippen LogP contribution in [0, 0.1) is 0 Å². The summed E-state index contributed by atoms with van der Waals surface area (Å²) in [5.74, 6) is -0.124. The first-order valence-corrected chi connectivity index (χ1v) is 10.3. The SMILES string of the molecule is CS(=O)c1ccc(C(=O)NC(CN2CCOCC2)c2ccccc2)cc1. The molecule has 1 heterocycles. The lowest BCUT2D eigenvalue weighted by Gasteiger charge is -2.31. The molecule has 0 saturated carbocycles. The molecule has 3 rings (SSSR count). The number of benzene rings is 2. The maximum absolute atomic E-state index is 12.7. The minimum atomic E-state index is -1.05. The summed E-state index contributed by atoms with van der Waals surface area (Å²) in [5, 5.41) is 3.15. The van der Waals surface area contributed by atoms with E-state index in [4.69, 9.17) is 4.74 Å². The number of carbonyl (C=O) groups excluding carboxylic acids is 1. The normalized spacial score (nSPS) is 17.4. The molecular weight excluding hydrogens is 348 g/mol. The molecule has 1 aliphatic heterocycles. The Morgan fingerprint density at radius 3 is 2.38 bits per heavy atom. The van der Waals surface area contributed by atoms with E-state index in [1.54, 1.807) is 30.5 Å². The maximum Gasteiger partial charge on any atom is 0.251 e. The second-order valence-corrected chi connectivity index (χ2v) is 7.71. The van der Waals surface area contributed by atoms with Crippen molar-refractivity contribution in [3.63, 3.8) is 0 Å². The first kappa shape index (κ1) is 18.8. The Kier molecular flexibility index (Phi) is 6.55. The van der Waals surface area contributed by atoms with Crippen molar-refractivity contribution in [2.75, 3.05) is 39.1 Å². The minimum Gasteiger partial charge on any atom is -0.379 e. The molecular formula is C20H24N2O3S. The van der Waals surface area contributed by atoms with E-state index in [0.717, 1.165) is 43.3 Å². The van der Waals surface area contributed by atoms with E-state index in [0.29, 0.717) is 5.56 Å². The van der Waals surface area contributed by atoms with Crippen LogP contribution in [0.15, 0.2) is 59.5 Å². The zero-order valence-electron chi connectivity index (χ0n) is 14.9. The fourth-order valence-electron chi connectivity index (χ4n) is 3.00. The summed E-state index contributed by atoms with van der Waals surface area (Å²) >= 11 is 0. The maximum atomic E-state index is 12.7. The number of ether oxygens (including phenoxy) is 1. The Bertz CT molecular complexity index is 743. The Labute approximate surface area is 156 Å². The number of nitrogens with zero attached hydrogens (tertiary/aromatic N) is 1. The molecule has 6 heteroatoms. The summed E-state index contributed by atoms with van der Waals surface area (Å²) < 4.78 is 16.9. The van der Waals surface area contributed by atoms with Crippen molar-refractivity contribution >= 4 is 16.7 Å². The summed E-state index contributed by atoms with van der Waals surface area (Å²) in [4.78, 5) is 15.7. The fourth-order valence-corrected chi connectivity index (χ4v) is 3.52. The molecule has 1 fully saturated rings. The highest BCUT2D eigenvalue weighted by atomic mass is 32.2. The predicted molar refractivity (Wildman–Crippen MR) is 103 cm³/mol. The van der Waals surface area contributed by atoms with E-state index in [-0.39, 0.29) is 11.9 Å². The van der Waals surface area contributed by atoms with Gasteiger partial charge in [0.1, 0.15) is 0 Å². The minimum absolute atomic E-state index is 0.0956. The molecule has 1 aliphatic rings. The van der Waals surface area contributed by atoms with Crippen LogP contribution in [0.5, 0.6) is 0 Å². The molecule has 0 aromatic heterocycles. The van der Waals surface area contributed by atoms with Gasteiger partial charge in [-0.05, 0) is 29.8 Å². The molecule has 138 valence electrons. The van der Waals surface area contributed by atoms with Gasteiger partial charge in [0.2, 0.25) is 0 Å². The van der Waals surface area contributed by atoms with Crippen molar-refractivity contribution < 1.29 is 13.7 Å². The number of hydrogen-bond acceptors (Lipinski definition) is 4. The van der Waals surface area contributed by atoms with E-state index in [1.165, 1.54) is 0 Å². The first-order chi connectivity index (χ1) is 12.6. The summed E-state index contributed by atoms with van der Waals surface area (Å²) in [7, 11) is -1.05. The Hall–Kier alpha value is -2.02. The van der Waals surface area contributed by atoms with E-state index in [2.05, 4.69) is 10.2 Å². The van der Waals surface area contributed by atoms with Gasteiger partial charge in [0.15, 0.2) is 0 Å². The smallest absolute Gasteiger partial charge is 0.251 e. The number of rotatable bonds is 6. The third kappa shape index (κ3) is 5.00. The number of morpholine rings is 1. The average Bonchev–Trinajstić information content (AvgIpc) is 2.69. The third-order valence-electron chi connectivity index (χ3n) is 4.50. The second kappa shape index (κ2) is 9.07. The van der Waals surface area contributed by atoms with Crippen molar-refractivity contribution in [3.05, 3.63) is 65.7 Å². The Morgan fingerprint density at radius 2 is 1.77 bits per heavy atom. The van der Waals surface area contributed by atoms with Gasteiger partial charge in [-0.25, -0.2) is 0 Å². The molecule has 0 bridgehead atoms. The second-order valence-electron chi connectivity index (χ2n) is 6.33. The van der Waals surface area contributed by atoms with E-state index < -0.39 is 10.8 Å². The molecule has 26 heavy (non-hydrogen) atoms. The molecule has 5 nitrogen and oxygen atoms in total. The largest absolute Gasteiger partial charge is 0.379 e. The quantitative estimate of drug-likeness (QED) is 0.845. The van der Waals surface area contributed by atoms with Crippen LogP contribution in [0.25, 0.3) is 0 Å². The first-order valence-electron chi connectivity index (χ1n) is 8.73. The van der Waals surface area contributed by atoms with Crippen molar-refractivity contribution in [1.29, 1.82) is 0 Å². The lowest BCUT2D eigenvalue weighted by Crippen LogP contribution is -2.43. The Balaban J connectivity index is 1.73. The Morgan fingerprint density at radius 1 is 1.12 bits per heavy atom. The van der Waals surface area contributed by atoms with Gasteiger partial charge in [-0.1, -0.05) is 30.3 Å². The monoisotopic (exact) mass is 372 g/mol. The van der Waals surface area contributed by atoms with E-state index in [9.17, 15) is 9.00 Å². The molecule has 0 aliphatic carbocycles. The highest BCUT2D eigenvalue weighted by Crippen LogP contribution is 2.17. The highest BCUT2D eigenvalue weighted by molar-refractivity contribution is 7.84. The average molecular weight is 372 g/mol. The van der Waals surface area contributed by atoms with Crippen LogP contribution >= 0.6 is 0 Å². The van der Waals surface area contributed by atoms with Gasteiger partial charge in [-0.2, -0.15) is 0 Å². The predicted octanol–water partition coefficient (Wildman–Crippen LogP) is 2.23. The zero-order valence-corrected chi connectivity index (χ0v) is 15.7. The number of amides is 1. The van der Waals surface area contributed by atoms with Crippen LogP contribution in [0.2, 0.25) is 0 Å². The van der Waals surface area contributed by atoms with Crippen molar-refractivity contribution in [2.45, 2.75) is 10.9 Å². The summed E-state index contributed by atoms with van der Waals surface area (Å²) in [5.41, 5.74) is 1.65. The van der Waals surface area contributed by atoms with Crippen LogP contribution in [-0.2, 0) is 15.5 Å². The summed E-state index contributed by atoms with van der Waals surface area (Å²) in [6.07, 6.45) is 1.63. The zero-order chi connectivity index (χ0) is 18.4. The van der Waals surface area contributed by atoms with Crippen LogP contribution in [-0.4, -0.2) is 54.1 Å². The van der Waals surface area contributed by atoms with Gasteiger partial charge in [0.05, 0.1) is 19.3 Å². The molecule has 2 aromatic rings. The molecule has 0 spiro atoms. The number of hydrogen-bond donors (Lipinski definition) is 1. The third-order valence-corrected chi connectivity index (χ3v) is 5.44. The standard InChI is InChI=1S/C20H24N2O3S/c1-26(24)18-9-7-17(8-10-18)20(23)21-19(16-5-3-2-4-6-16)15-22-11-13-25-14-12-22/h2-10,19H,11-15H2,1H3,(H,21,23). The summed E-state index contributed by atoms with van der Waals surface area (Å²) in [6, 6.07) is 16.9. The van der Waals surface area contributed by atoms with Gasteiger partial charge < -0.3 is 10.1 Å². The highest BCUT2D eigenvalue weighted by Gasteiger charge is 2.20. The molecule has 2 atom stereocenters. The molecule has 1 N–H and O–H groups in total. The molecule has 1 amide bonds. The van der Waals surface area contributed by atoms with Crippen molar-refractivity contribution in [1.82, 2.24) is 10.2 Å². The number of carbonyl (C=O) groups is 1. The fraction of sp³-hybridized carbons (Fsp3) is 0.350. The van der Waals surface area contributed by atoms with Gasteiger partial charge >= 0.3 is 0 Å². The van der Waals surface area contributed by atoms with E-state index >= 15 is 0 Å². The van der Waals surface area contributed by atoms with Gasteiger partial charge in [-0.3, -0.25) is 13.9 Å². The summed E-state index contributed by atoms with van der Waals surface area (Å²) in [6.45, 7) is 3.94. The number of nitrogens with one attached hydrogen (secondary N) is 1. The topological polar surface area (TPSA) is 58.6 Å². The van der Waals surface area contributed by atoms with Crippen LogP contribution in [0.1, 0.15) is 22.0 Å². The van der Waals surface area contributed by atoms with Crippen molar-refractivity contribution in [2.24, 2.45) is 0 Å². The van der Waals surface area contributed by atoms with Gasteiger partial charge in [0, 0.05) is 47.1 Å². The van der Waals surface area contributed by atoms with E-state index in [1.807, 2.05) is 30.3 Å². The lowest BCUT2D eigenvalue weighted by molar-refractivity contribution is 0.0332. The van der Waals surface area contributed by atoms with Crippen LogP contribution in [0.4, 0.5) is 0 Å². The van der Waals surface area contributed by atoms with Gasteiger partial charge in [-0.15, -0.1) is 0 Å². The molecule has 1 saturated heterocycles. The molecule has 2 unspecified atom stereocenters. The molecule has 2 aromatic carbocycles. The molecule has 0 radical (unpaired) electrons.